The minimum atomic E-state index is 0.144. The topological polar surface area (TPSA) is 26.4 Å². The predicted octanol–water partition coefficient (Wildman–Crippen LogP) is 4.96. The Kier molecular flexibility index (Phi) is 4.02. The van der Waals surface area contributed by atoms with E-state index in [0.717, 1.165) is 37.0 Å². The minimum Gasteiger partial charge on any atom is -0.370 e. The van der Waals surface area contributed by atoms with Crippen LogP contribution in [-0.4, -0.2) is 26.2 Å². The van der Waals surface area contributed by atoms with Gasteiger partial charge in [-0.05, 0) is 56.7 Å². The van der Waals surface area contributed by atoms with Gasteiger partial charge in [0.05, 0.1) is 11.4 Å². The molecule has 0 unspecified atom stereocenters. The Bertz CT molecular complexity index is 685. The first kappa shape index (κ1) is 14.7. The van der Waals surface area contributed by atoms with Crippen LogP contribution in [0.15, 0.2) is 30.3 Å². The highest BCUT2D eigenvalue weighted by Crippen LogP contribution is 2.41. The van der Waals surface area contributed by atoms with Crippen molar-refractivity contribution in [3.8, 4) is 5.75 Å². The van der Waals surface area contributed by atoms with Crippen LogP contribution in [0, 0.1) is 0 Å². The van der Waals surface area contributed by atoms with Crippen LogP contribution in [0.1, 0.15) is 38.5 Å². The Morgan fingerprint density at radius 3 is 2.00 bits per heavy atom. The third kappa shape index (κ3) is 2.73. The van der Waals surface area contributed by atoms with Gasteiger partial charge in [-0.3, -0.25) is 5.11 Å². The van der Waals surface area contributed by atoms with E-state index in [9.17, 15) is 5.11 Å². The fourth-order valence-electron chi connectivity index (χ4n) is 4.14. The van der Waals surface area contributed by atoms with E-state index < -0.39 is 0 Å². The number of hydrogen-bond acceptors (Lipinski definition) is 2. The molecule has 0 spiro atoms. The summed E-state index contributed by atoms with van der Waals surface area (Å²) in [5.41, 5.74) is 2.64. The third-order valence-corrected chi connectivity index (χ3v) is 5.34. The molecule has 2 aromatic carbocycles. The maximum atomic E-state index is 12.3. The Morgan fingerprint density at radius 2 is 1.30 bits per heavy atom. The summed E-state index contributed by atoms with van der Waals surface area (Å²) in [6.45, 7) is 4.51. The van der Waals surface area contributed by atoms with Crippen LogP contribution in [0.2, 0.25) is 0 Å². The summed E-state index contributed by atoms with van der Waals surface area (Å²) in [6.07, 6.45) is 7.74. The predicted molar refractivity (Wildman–Crippen MR) is 96.2 cm³/mol. The highest BCUT2D eigenvalue weighted by molar-refractivity contribution is 6.03. The van der Waals surface area contributed by atoms with Gasteiger partial charge in [0.25, 0.3) is 0 Å². The molecule has 3 heteroatoms. The lowest BCUT2D eigenvalue weighted by Crippen LogP contribution is -2.34. The number of fused-ring (bicyclic) bond motifs is 1. The third-order valence-electron chi connectivity index (χ3n) is 5.34. The molecule has 2 heterocycles. The largest absolute Gasteiger partial charge is 0.370 e. The number of piperidine rings is 2. The molecular weight excluding hydrogens is 284 g/mol. The van der Waals surface area contributed by atoms with Crippen molar-refractivity contribution in [2.45, 2.75) is 38.5 Å². The van der Waals surface area contributed by atoms with E-state index in [-0.39, 0.29) is 5.75 Å². The molecule has 0 bridgehead atoms. The van der Waals surface area contributed by atoms with Gasteiger partial charge in [0.2, 0.25) is 0 Å². The maximum Gasteiger partial charge on any atom is 0.186 e. The molecule has 4 rings (SSSR count). The molecule has 0 aromatic heterocycles. The van der Waals surface area contributed by atoms with Gasteiger partial charge in [-0.15, -0.1) is 0 Å². The molecule has 0 aliphatic carbocycles. The molecule has 0 atom stereocenters. The van der Waals surface area contributed by atoms with Gasteiger partial charge in [0.1, 0.15) is 0 Å². The molecule has 3 nitrogen and oxygen atoms in total. The van der Waals surface area contributed by atoms with Crippen LogP contribution in [0.4, 0.5) is 11.4 Å². The van der Waals surface area contributed by atoms with Crippen molar-refractivity contribution < 1.29 is 5.11 Å². The van der Waals surface area contributed by atoms with Crippen molar-refractivity contribution in [2.24, 2.45) is 0 Å². The molecular formula is C20H25N2O. The molecule has 2 aliphatic rings. The van der Waals surface area contributed by atoms with Crippen molar-refractivity contribution in [3.63, 3.8) is 0 Å². The average molecular weight is 309 g/mol. The van der Waals surface area contributed by atoms with Crippen LogP contribution in [0.25, 0.3) is 10.8 Å². The quantitative estimate of drug-likeness (QED) is 0.783. The van der Waals surface area contributed by atoms with Gasteiger partial charge < -0.3 is 9.80 Å². The average Bonchev–Trinajstić information content (AvgIpc) is 2.62. The van der Waals surface area contributed by atoms with E-state index in [1.807, 2.05) is 12.1 Å². The summed E-state index contributed by atoms with van der Waals surface area (Å²) in [5.74, 6) is 0.144. The zero-order chi connectivity index (χ0) is 15.6. The first-order chi connectivity index (χ1) is 11.3. The van der Waals surface area contributed by atoms with E-state index in [0.29, 0.717) is 0 Å². The maximum absolute atomic E-state index is 12.3. The first-order valence-corrected chi connectivity index (χ1v) is 9.07. The molecule has 0 saturated carbocycles. The van der Waals surface area contributed by atoms with Crippen molar-refractivity contribution in [3.05, 3.63) is 30.3 Å². The van der Waals surface area contributed by atoms with Crippen LogP contribution in [0.3, 0.4) is 0 Å². The first-order valence-electron chi connectivity index (χ1n) is 9.07. The fraction of sp³-hybridized carbons (Fsp3) is 0.500. The monoisotopic (exact) mass is 309 g/mol. The van der Waals surface area contributed by atoms with Gasteiger partial charge in [0, 0.05) is 37.0 Å². The molecule has 0 N–H and O–H groups in total. The molecule has 2 aliphatic heterocycles. The van der Waals surface area contributed by atoms with E-state index in [1.54, 1.807) is 6.07 Å². The van der Waals surface area contributed by atoms with Crippen molar-refractivity contribution in [1.82, 2.24) is 0 Å². The number of benzene rings is 2. The van der Waals surface area contributed by atoms with E-state index in [2.05, 4.69) is 21.9 Å². The number of anilines is 2. The Morgan fingerprint density at radius 1 is 0.652 bits per heavy atom. The second-order valence-corrected chi connectivity index (χ2v) is 6.88. The van der Waals surface area contributed by atoms with Gasteiger partial charge in [-0.25, -0.2) is 0 Å². The molecule has 23 heavy (non-hydrogen) atoms. The van der Waals surface area contributed by atoms with Gasteiger partial charge in [-0.1, -0.05) is 12.1 Å². The molecule has 121 valence electrons. The lowest BCUT2D eigenvalue weighted by molar-refractivity contribution is 0.360. The van der Waals surface area contributed by atoms with Crippen LogP contribution in [-0.2, 0) is 5.11 Å². The number of hydrogen-bond donors (Lipinski definition) is 0. The van der Waals surface area contributed by atoms with Crippen LogP contribution >= 0.6 is 0 Å². The summed E-state index contributed by atoms with van der Waals surface area (Å²) < 4.78 is 0. The summed E-state index contributed by atoms with van der Waals surface area (Å²) in [7, 11) is 0. The Balaban J connectivity index is 1.86. The summed E-state index contributed by atoms with van der Waals surface area (Å²) in [4.78, 5) is 5.06. The van der Waals surface area contributed by atoms with E-state index in [1.165, 1.54) is 49.9 Å². The Labute approximate surface area is 138 Å². The number of nitrogens with zero attached hydrogens (tertiary/aromatic N) is 2. The standard InChI is InChI=1S/C20H25N2O/c23-19-9-7-8-17-16(19)10-11-18(21-12-3-1-4-13-21)20(17)22-14-5-2-6-15-22/h7-11H,1-6,12-15H2. The molecule has 1 radical (unpaired) electrons. The van der Waals surface area contributed by atoms with Gasteiger partial charge in [0.15, 0.2) is 5.75 Å². The lowest BCUT2D eigenvalue weighted by atomic mass is 10.0. The number of rotatable bonds is 2. The highest BCUT2D eigenvalue weighted by Gasteiger charge is 2.22. The Hall–Kier alpha value is -1.90. The smallest absolute Gasteiger partial charge is 0.186 e. The minimum absolute atomic E-state index is 0.144. The van der Waals surface area contributed by atoms with E-state index >= 15 is 0 Å². The fourth-order valence-corrected chi connectivity index (χ4v) is 4.14. The van der Waals surface area contributed by atoms with Crippen molar-refractivity contribution >= 4 is 22.1 Å². The van der Waals surface area contributed by atoms with Crippen molar-refractivity contribution in [2.75, 3.05) is 36.0 Å². The summed E-state index contributed by atoms with van der Waals surface area (Å²) >= 11 is 0. The second kappa shape index (κ2) is 6.31. The van der Waals surface area contributed by atoms with Gasteiger partial charge in [-0.2, -0.15) is 0 Å². The zero-order valence-electron chi connectivity index (χ0n) is 13.8. The van der Waals surface area contributed by atoms with E-state index in [4.69, 9.17) is 0 Å². The molecule has 2 fully saturated rings. The van der Waals surface area contributed by atoms with Crippen molar-refractivity contribution in [1.29, 1.82) is 0 Å². The van der Waals surface area contributed by atoms with Crippen LogP contribution in [0.5, 0.6) is 5.75 Å². The normalized spacial score (nSPS) is 19.3. The zero-order valence-corrected chi connectivity index (χ0v) is 13.8. The molecule has 2 aromatic rings. The summed E-state index contributed by atoms with van der Waals surface area (Å²) in [5, 5.41) is 14.3. The second-order valence-electron chi connectivity index (χ2n) is 6.88. The SMILES string of the molecule is [O]c1cccc2c(N3CCCCC3)c(N3CCCCC3)ccc12. The lowest BCUT2D eigenvalue weighted by Gasteiger charge is -2.37. The van der Waals surface area contributed by atoms with Gasteiger partial charge >= 0.3 is 0 Å². The van der Waals surface area contributed by atoms with Crippen LogP contribution < -0.4 is 9.80 Å². The highest BCUT2D eigenvalue weighted by atomic mass is 16.3. The summed E-state index contributed by atoms with van der Waals surface area (Å²) in [6, 6.07) is 9.96. The molecule has 0 amide bonds. The molecule has 2 saturated heterocycles.